The summed E-state index contributed by atoms with van der Waals surface area (Å²) in [6.45, 7) is -0.558. The lowest BCUT2D eigenvalue weighted by atomic mass is 9.90. The average molecular weight is 783 g/mol. The van der Waals surface area contributed by atoms with Gasteiger partial charge >= 0.3 is 13.0 Å². The summed E-state index contributed by atoms with van der Waals surface area (Å²) in [5.41, 5.74) is 3.28. The molecule has 0 unspecified atom stereocenters. The van der Waals surface area contributed by atoms with Crippen LogP contribution < -0.4 is 25.4 Å². The zero-order valence-electron chi connectivity index (χ0n) is 30.2. The Hall–Kier alpha value is -4.96. The third-order valence-corrected chi connectivity index (χ3v) is 11.5. The second kappa shape index (κ2) is 15.8. The van der Waals surface area contributed by atoms with Crippen molar-refractivity contribution in [3.05, 3.63) is 93.4 Å². The molecule has 286 valence electrons. The number of urea groups is 1. The van der Waals surface area contributed by atoms with Crippen molar-refractivity contribution in [3.63, 3.8) is 0 Å². The summed E-state index contributed by atoms with van der Waals surface area (Å²) in [7, 11) is -2.74. The number of rotatable bonds is 12. The Morgan fingerprint density at radius 1 is 1.02 bits per heavy atom. The van der Waals surface area contributed by atoms with Gasteiger partial charge in [-0.1, -0.05) is 43.0 Å². The summed E-state index contributed by atoms with van der Waals surface area (Å²) >= 11 is 6.34. The Kier molecular flexibility index (Phi) is 11.3. The zero-order valence-corrected chi connectivity index (χ0v) is 31.8. The Bertz CT molecular complexity index is 2200. The van der Waals surface area contributed by atoms with Crippen molar-refractivity contribution in [1.82, 2.24) is 19.8 Å². The SMILES string of the molecule is COc1c(NC(=O)CCC2=[N+]3C(=Cc4c(C)cc(C)n4[B-]3(F)F)C=C2)cc(Cl)cc1C(=O)NCCc1ccc(S(=O)(=O)NC(=O)NC2CCCCC2)cc1. The number of methoxy groups -OCH3 is 1. The number of nitrogens with zero attached hydrogens (tertiary/aromatic N) is 2. The monoisotopic (exact) mass is 782 g/mol. The quantitative estimate of drug-likeness (QED) is 0.164. The third-order valence-electron chi connectivity index (χ3n) is 9.89. The molecule has 1 aromatic heterocycles. The number of halogens is 3. The number of hydrogen-bond acceptors (Lipinski definition) is 6. The molecule has 0 bridgehead atoms. The van der Waals surface area contributed by atoms with Crippen molar-refractivity contribution in [1.29, 1.82) is 0 Å². The summed E-state index contributed by atoms with van der Waals surface area (Å²) in [5.74, 6) is -0.963. The second-order valence-electron chi connectivity index (χ2n) is 13.7. The number of aromatic nitrogens is 1. The van der Waals surface area contributed by atoms with Crippen molar-refractivity contribution in [2.75, 3.05) is 19.0 Å². The van der Waals surface area contributed by atoms with Gasteiger partial charge in [-0.25, -0.2) is 17.9 Å². The van der Waals surface area contributed by atoms with Gasteiger partial charge < -0.3 is 38.3 Å². The number of hydrogen-bond donors (Lipinski definition) is 4. The molecule has 12 nitrogen and oxygen atoms in total. The van der Waals surface area contributed by atoms with Crippen molar-refractivity contribution in [3.8, 4) is 5.75 Å². The molecule has 4 N–H and O–H groups in total. The summed E-state index contributed by atoms with van der Waals surface area (Å²) < 4.78 is 66.7. The van der Waals surface area contributed by atoms with Crippen molar-refractivity contribution >= 4 is 63.9 Å². The predicted molar refractivity (Wildman–Crippen MR) is 204 cm³/mol. The minimum absolute atomic E-state index is 0.0288. The van der Waals surface area contributed by atoms with Crippen LogP contribution in [0.15, 0.2) is 65.2 Å². The summed E-state index contributed by atoms with van der Waals surface area (Å²) in [6, 6.07) is 9.73. The molecule has 0 spiro atoms. The van der Waals surface area contributed by atoms with Crippen molar-refractivity contribution in [2.45, 2.75) is 76.2 Å². The minimum atomic E-state index is -4.16. The summed E-state index contributed by atoms with van der Waals surface area (Å²) in [6.07, 6.45) is 9.92. The lowest BCUT2D eigenvalue weighted by Gasteiger charge is -2.30. The number of amides is 4. The molecule has 17 heteroatoms. The average Bonchev–Trinajstić information content (AvgIpc) is 3.67. The number of ether oxygens (including phenoxy) is 1. The Morgan fingerprint density at radius 3 is 2.44 bits per heavy atom. The highest BCUT2D eigenvalue weighted by atomic mass is 35.5. The molecule has 0 radical (unpaired) electrons. The second-order valence-corrected chi connectivity index (χ2v) is 15.8. The van der Waals surface area contributed by atoms with Crippen LogP contribution in [0.4, 0.5) is 19.1 Å². The van der Waals surface area contributed by atoms with Gasteiger partial charge in [0, 0.05) is 54.4 Å². The van der Waals surface area contributed by atoms with E-state index in [0.29, 0.717) is 29.2 Å². The summed E-state index contributed by atoms with van der Waals surface area (Å²) in [4.78, 5) is 38.6. The van der Waals surface area contributed by atoms with E-state index in [1.807, 2.05) is 0 Å². The molecule has 3 heterocycles. The maximum atomic E-state index is 15.8. The zero-order chi connectivity index (χ0) is 38.8. The number of nitrogens with one attached hydrogen (secondary N) is 4. The van der Waals surface area contributed by atoms with Crippen LogP contribution in [-0.4, -0.2) is 67.6 Å². The van der Waals surface area contributed by atoms with E-state index < -0.39 is 34.8 Å². The fraction of sp³-hybridized carbons (Fsp3) is 0.351. The number of aryl methyl sites for hydroxylation is 2. The molecule has 1 aliphatic carbocycles. The van der Waals surface area contributed by atoms with Gasteiger partial charge in [0.15, 0.2) is 11.4 Å². The molecule has 3 aromatic rings. The molecule has 4 amide bonds. The summed E-state index contributed by atoms with van der Waals surface area (Å²) in [5, 5.41) is 8.37. The number of sulfonamides is 1. The van der Waals surface area contributed by atoms with Crippen LogP contribution >= 0.6 is 11.6 Å². The van der Waals surface area contributed by atoms with E-state index in [0.717, 1.165) is 52.2 Å². The highest BCUT2D eigenvalue weighted by Crippen LogP contribution is 2.35. The molecule has 3 aliphatic rings. The van der Waals surface area contributed by atoms with Gasteiger partial charge in [-0.05, 0) is 80.3 Å². The van der Waals surface area contributed by atoms with Crippen molar-refractivity contribution < 1.29 is 40.7 Å². The van der Waals surface area contributed by atoms with Crippen LogP contribution in [0.2, 0.25) is 5.02 Å². The van der Waals surface area contributed by atoms with Gasteiger partial charge in [0.05, 0.1) is 23.3 Å². The van der Waals surface area contributed by atoms with Crippen LogP contribution in [0.25, 0.3) is 6.08 Å². The maximum Gasteiger partial charge on any atom is 0.737 e. The van der Waals surface area contributed by atoms with E-state index in [1.54, 1.807) is 50.3 Å². The Balaban J connectivity index is 1.04. The topological polar surface area (TPSA) is 151 Å². The Morgan fingerprint density at radius 2 is 1.74 bits per heavy atom. The maximum absolute atomic E-state index is 15.8. The van der Waals surface area contributed by atoms with Crippen LogP contribution in [0.3, 0.4) is 0 Å². The third kappa shape index (κ3) is 8.24. The first-order valence-corrected chi connectivity index (χ1v) is 19.7. The molecule has 0 atom stereocenters. The highest BCUT2D eigenvalue weighted by molar-refractivity contribution is 7.90. The first kappa shape index (κ1) is 38.8. The number of carbonyl (C=O) groups excluding carboxylic acids is 3. The predicted octanol–water partition coefficient (Wildman–Crippen LogP) is 6.08. The molecule has 1 saturated carbocycles. The number of fused-ring (bicyclic) bond motifs is 2. The van der Waals surface area contributed by atoms with Crippen LogP contribution in [0, 0.1) is 13.8 Å². The van der Waals surface area contributed by atoms with Crippen LogP contribution in [0.5, 0.6) is 5.75 Å². The van der Waals surface area contributed by atoms with Gasteiger partial charge in [-0.2, -0.15) is 0 Å². The number of anilines is 1. The molecular weight excluding hydrogens is 741 g/mol. The first-order chi connectivity index (χ1) is 25.7. The number of allylic oxidation sites excluding steroid dienone is 2. The van der Waals surface area contributed by atoms with E-state index in [4.69, 9.17) is 16.3 Å². The van der Waals surface area contributed by atoms with Crippen molar-refractivity contribution in [2.24, 2.45) is 0 Å². The molecule has 1 fully saturated rings. The van der Waals surface area contributed by atoms with Gasteiger partial charge in [-0.3, -0.25) is 9.59 Å². The fourth-order valence-corrected chi connectivity index (χ4v) is 8.45. The lowest BCUT2D eigenvalue weighted by Crippen LogP contribution is -2.50. The molecule has 2 aromatic carbocycles. The largest absolute Gasteiger partial charge is 0.737 e. The standard InChI is InChI=1S/C37H42BClF2N6O6S/c1-23-19-24(2)46-33(23)22-29-12-11-28(47(29)38(46,40)41)13-16-34(48)44-32-21-26(39)20-31(35(32)53-3)36(49)42-18-17-25-9-14-30(15-10-25)54(51,52)45-37(50)43-27-7-5-4-6-8-27/h9-12,14-15,19-22,27H,4-8,13,16-18H2,1-3H3,(H,42,49)(H,44,48)(H2,43,45,50). The van der Waals surface area contributed by atoms with E-state index in [1.165, 1.54) is 31.4 Å². The van der Waals surface area contributed by atoms with Crippen LogP contribution in [-0.2, 0) is 21.2 Å². The lowest BCUT2D eigenvalue weighted by molar-refractivity contribution is -0.362. The minimum Gasteiger partial charge on any atom is -0.494 e. The van der Waals surface area contributed by atoms with Gasteiger partial charge in [0.2, 0.25) is 5.91 Å². The number of carbonyl (C=O) groups is 3. The normalized spacial score (nSPS) is 16.3. The van der Waals surface area contributed by atoms with Gasteiger partial charge in [0.1, 0.15) is 5.71 Å². The van der Waals surface area contributed by atoms with Crippen LogP contribution in [0.1, 0.15) is 77.8 Å². The van der Waals surface area contributed by atoms with E-state index in [9.17, 15) is 22.8 Å². The molecule has 54 heavy (non-hydrogen) atoms. The number of benzene rings is 2. The molecule has 2 aliphatic heterocycles. The smallest absolute Gasteiger partial charge is 0.494 e. The molecule has 0 saturated heterocycles. The highest BCUT2D eigenvalue weighted by Gasteiger charge is 2.52. The Labute approximate surface area is 317 Å². The van der Waals surface area contributed by atoms with Gasteiger partial charge in [-0.15, -0.1) is 0 Å². The first-order valence-electron chi connectivity index (χ1n) is 17.8. The van der Waals surface area contributed by atoms with Gasteiger partial charge in [0.25, 0.3) is 15.9 Å². The van der Waals surface area contributed by atoms with E-state index in [-0.39, 0.29) is 52.3 Å². The van der Waals surface area contributed by atoms with E-state index >= 15 is 8.63 Å². The van der Waals surface area contributed by atoms with E-state index in [2.05, 4.69) is 20.7 Å². The molecular formula is C37H42BClF2N6O6S. The molecule has 6 rings (SSSR count). The fourth-order valence-electron chi connectivity index (χ4n) is 7.32.